The van der Waals surface area contributed by atoms with E-state index in [1.54, 1.807) is 4.68 Å². The first-order chi connectivity index (χ1) is 18.8. The molecule has 0 saturated heterocycles. The first-order valence-electron chi connectivity index (χ1n) is 13.1. The summed E-state index contributed by atoms with van der Waals surface area (Å²) in [5.74, 6) is 0.848. The highest BCUT2D eigenvalue weighted by atomic mass is 35.5. The van der Waals surface area contributed by atoms with Gasteiger partial charge in [0, 0.05) is 28.3 Å². The molecule has 3 aromatic carbocycles. The SMILES string of the molecule is CC1(C)CC(=O)C2=C(C1)Nc1ccccc1NC2c1ccccc1OCc1cn(Cc2cccc(Cl)c2)nn1. The summed E-state index contributed by atoms with van der Waals surface area (Å²) >= 11 is 6.12. The summed E-state index contributed by atoms with van der Waals surface area (Å²) in [4.78, 5) is 13.6. The smallest absolute Gasteiger partial charge is 0.163 e. The maximum Gasteiger partial charge on any atom is 0.163 e. The largest absolute Gasteiger partial charge is 0.487 e. The third-order valence-electron chi connectivity index (χ3n) is 7.15. The van der Waals surface area contributed by atoms with E-state index in [2.05, 4.69) is 34.8 Å². The first-order valence-corrected chi connectivity index (χ1v) is 13.5. The van der Waals surface area contributed by atoms with Gasteiger partial charge >= 0.3 is 0 Å². The second kappa shape index (κ2) is 10.2. The van der Waals surface area contributed by atoms with Crippen LogP contribution in [0.1, 0.15) is 49.6 Å². The molecule has 2 aliphatic rings. The fourth-order valence-electron chi connectivity index (χ4n) is 5.43. The van der Waals surface area contributed by atoms with Gasteiger partial charge in [-0.25, -0.2) is 4.68 Å². The van der Waals surface area contributed by atoms with Crippen molar-refractivity contribution in [3.05, 3.63) is 112 Å². The van der Waals surface area contributed by atoms with Gasteiger partial charge < -0.3 is 15.4 Å². The molecule has 0 radical (unpaired) electrons. The van der Waals surface area contributed by atoms with Gasteiger partial charge in [0.15, 0.2) is 5.78 Å². The number of carbonyl (C=O) groups excluding carboxylic acids is 1. The summed E-state index contributed by atoms with van der Waals surface area (Å²) in [5, 5.41) is 16.5. The van der Waals surface area contributed by atoms with Crippen molar-refractivity contribution < 1.29 is 9.53 Å². The Morgan fingerprint density at radius 2 is 1.82 bits per heavy atom. The van der Waals surface area contributed by atoms with E-state index >= 15 is 0 Å². The topological polar surface area (TPSA) is 81.1 Å². The van der Waals surface area contributed by atoms with Crippen LogP contribution < -0.4 is 15.4 Å². The van der Waals surface area contributed by atoms with Crippen molar-refractivity contribution in [2.24, 2.45) is 5.41 Å². The molecule has 8 heteroatoms. The average Bonchev–Trinajstić information content (AvgIpc) is 3.27. The van der Waals surface area contributed by atoms with Crippen LogP contribution in [0.5, 0.6) is 5.75 Å². The number of fused-ring (bicyclic) bond motifs is 1. The number of aromatic nitrogens is 3. The van der Waals surface area contributed by atoms with Gasteiger partial charge in [-0.3, -0.25) is 4.79 Å². The van der Waals surface area contributed by atoms with Gasteiger partial charge in [-0.2, -0.15) is 0 Å². The standard InChI is InChI=1S/C31H30ClN5O2/c1-31(2)15-26-29(27(38)16-31)30(34-25-12-5-4-11-24(25)33-26)23-10-3-6-13-28(23)39-19-22-18-37(36-35-22)17-20-8-7-9-21(32)14-20/h3-14,18,30,33-34H,15-17,19H2,1-2H3. The number of rotatable bonds is 6. The predicted molar refractivity (Wildman–Crippen MR) is 153 cm³/mol. The van der Waals surface area contributed by atoms with E-state index in [1.165, 1.54) is 0 Å². The Morgan fingerprint density at radius 3 is 2.67 bits per heavy atom. The molecule has 0 amide bonds. The van der Waals surface area contributed by atoms with Gasteiger partial charge in [-0.15, -0.1) is 5.10 Å². The number of hydrogen-bond donors (Lipinski definition) is 2. The number of nitrogens with zero attached hydrogens (tertiary/aromatic N) is 3. The zero-order valence-corrected chi connectivity index (χ0v) is 22.7. The zero-order chi connectivity index (χ0) is 27.0. The second-order valence-electron chi connectivity index (χ2n) is 10.9. The predicted octanol–water partition coefficient (Wildman–Crippen LogP) is 6.78. The molecular weight excluding hydrogens is 510 g/mol. The van der Waals surface area contributed by atoms with Crippen LogP contribution >= 0.6 is 11.6 Å². The molecule has 198 valence electrons. The Kier molecular flexibility index (Phi) is 6.61. The van der Waals surface area contributed by atoms with Crippen LogP contribution in [0.3, 0.4) is 0 Å². The minimum Gasteiger partial charge on any atom is -0.487 e. The Balaban J connectivity index is 1.28. The molecule has 1 atom stereocenters. The van der Waals surface area contributed by atoms with E-state index in [1.807, 2.05) is 79.0 Å². The van der Waals surface area contributed by atoms with Crippen LogP contribution in [0.15, 0.2) is 90.3 Å². The lowest BCUT2D eigenvalue weighted by molar-refractivity contribution is -0.118. The third kappa shape index (κ3) is 5.40. The highest BCUT2D eigenvalue weighted by Crippen LogP contribution is 2.46. The number of hydrogen-bond acceptors (Lipinski definition) is 6. The lowest BCUT2D eigenvalue weighted by atomic mass is 9.73. The number of para-hydroxylation sites is 3. The quantitative estimate of drug-likeness (QED) is 0.281. The molecule has 4 aromatic rings. The number of ketones is 1. The van der Waals surface area contributed by atoms with E-state index in [-0.39, 0.29) is 23.8 Å². The molecule has 1 aliphatic carbocycles. The van der Waals surface area contributed by atoms with Crippen molar-refractivity contribution in [2.45, 2.75) is 45.9 Å². The normalized spacial score (nSPS) is 17.9. The Bertz CT molecular complexity index is 1570. The van der Waals surface area contributed by atoms with Crippen LogP contribution in [-0.4, -0.2) is 20.8 Å². The number of nitrogens with one attached hydrogen (secondary N) is 2. The summed E-state index contributed by atoms with van der Waals surface area (Å²) in [6.45, 7) is 5.11. The zero-order valence-electron chi connectivity index (χ0n) is 21.9. The lowest BCUT2D eigenvalue weighted by Gasteiger charge is -2.34. The van der Waals surface area contributed by atoms with Gasteiger partial charge in [-0.1, -0.05) is 73.1 Å². The summed E-state index contributed by atoms with van der Waals surface area (Å²) < 4.78 is 8.08. The third-order valence-corrected chi connectivity index (χ3v) is 7.38. The van der Waals surface area contributed by atoms with Gasteiger partial charge in [0.2, 0.25) is 0 Å². The lowest BCUT2D eigenvalue weighted by Crippen LogP contribution is -2.31. The maximum absolute atomic E-state index is 13.6. The minimum absolute atomic E-state index is 0.111. The summed E-state index contributed by atoms with van der Waals surface area (Å²) in [6.07, 6.45) is 3.17. The van der Waals surface area contributed by atoms with Crippen LogP contribution in [0.25, 0.3) is 0 Å². The number of anilines is 2. The Labute approximate surface area is 232 Å². The van der Waals surface area contributed by atoms with Crippen LogP contribution in [0, 0.1) is 5.41 Å². The van der Waals surface area contributed by atoms with Gasteiger partial charge in [-0.05, 0) is 47.7 Å². The van der Waals surface area contributed by atoms with Crippen molar-refractivity contribution in [1.29, 1.82) is 0 Å². The molecule has 1 aromatic heterocycles. The van der Waals surface area contributed by atoms with Crippen molar-refractivity contribution in [2.75, 3.05) is 10.6 Å². The molecule has 0 spiro atoms. The Morgan fingerprint density at radius 1 is 1.03 bits per heavy atom. The van der Waals surface area contributed by atoms with E-state index in [0.717, 1.165) is 40.2 Å². The molecule has 1 aliphatic heterocycles. The minimum atomic E-state index is -0.352. The molecule has 6 rings (SSSR count). The van der Waals surface area contributed by atoms with Gasteiger partial charge in [0.05, 0.1) is 30.2 Å². The van der Waals surface area contributed by atoms with Crippen LogP contribution in [-0.2, 0) is 17.9 Å². The van der Waals surface area contributed by atoms with Crippen molar-refractivity contribution in [3.63, 3.8) is 0 Å². The molecule has 0 saturated carbocycles. The van der Waals surface area contributed by atoms with E-state index < -0.39 is 0 Å². The number of halogens is 1. The second-order valence-corrected chi connectivity index (χ2v) is 11.4. The number of allylic oxidation sites excluding steroid dienone is 1. The highest BCUT2D eigenvalue weighted by molar-refractivity contribution is 6.30. The molecule has 2 heterocycles. The van der Waals surface area contributed by atoms with Crippen molar-refractivity contribution >= 4 is 28.8 Å². The van der Waals surface area contributed by atoms with E-state index in [0.29, 0.717) is 29.4 Å². The fourth-order valence-corrected chi connectivity index (χ4v) is 5.64. The summed E-state index contributed by atoms with van der Waals surface area (Å²) in [6, 6.07) is 23.3. The molecule has 7 nitrogen and oxygen atoms in total. The molecule has 2 N–H and O–H groups in total. The van der Waals surface area contributed by atoms with Gasteiger partial charge in [0.25, 0.3) is 0 Å². The summed E-state index contributed by atoms with van der Waals surface area (Å²) in [5.41, 5.74) is 6.20. The number of ether oxygens (including phenoxy) is 1. The first kappa shape index (κ1) is 25.2. The van der Waals surface area contributed by atoms with Gasteiger partial charge in [0.1, 0.15) is 18.1 Å². The average molecular weight is 540 g/mol. The molecule has 1 unspecified atom stereocenters. The fraction of sp³-hybridized carbons (Fsp3) is 0.258. The van der Waals surface area contributed by atoms with Crippen LogP contribution in [0.2, 0.25) is 5.02 Å². The van der Waals surface area contributed by atoms with Crippen molar-refractivity contribution in [1.82, 2.24) is 15.0 Å². The molecule has 0 fully saturated rings. The van der Waals surface area contributed by atoms with Crippen molar-refractivity contribution in [3.8, 4) is 5.75 Å². The van der Waals surface area contributed by atoms with E-state index in [9.17, 15) is 4.79 Å². The monoisotopic (exact) mass is 539 g/mol. The number of carbonyl (C=O) groups is 1. The molecule has 0 bridgehead atoms. The number of benzene rings is 3. The van der Waals surface area contributed by atoms with E-state index in [4.69, 9.17) is 16.3 Å². The molecule has 39 heavy (non-hydrogen) atoms. The maximum atomic E-state index is 13.6. The van der Waals surface area contributed by atoms with Crippen LogP contribution in [0.4, 0.5) is 11.4 Å². The Hall–Kier alpha value is -4.10. The highest BCUT2D eigenvalue weighted by Gasteiger charge is 2.39. The molecular formula is C31H30ClN5O2. The summed E-state index contributed by atoms with van der Waals surface area (Å²) in [7, 11) is 0. The number of Topliss-reactive ketones (excluding diaryl/α,β-unsaturated/α-hetero) is 1.